The number of benzene rings is 2. The van der Waals surface area contributed by atoms with Gasteiger partial charge in [0, 0.05) is 24.0 Å². The van der Waals surface area contributed by atoms with E-state index < -0.39 is 29.5 Å². The van der Waals surface area contributed by atoms with Gasteiger partial charge in [0.1, 0.15) is 0 Å². The highest BCUT2D eigenvalue weighted by Crippen LogP contribution is 2.47. The van der Waals surface area contributed by atoms with Crippen molar-refractivity contribution in [1.82, 2.24) is 0 Å². The Kier molecular flexibility index (Phi) is 5.12. The number of carbonyl (C=O) groups excluding carboxylic acids is 2. The minimum atomic E-state index is -4.88. The molecule has 2 aromatic carbocycles. The van der Waals surface area contributed by atoms with Crippen LogP contribution in [0, 0.1) is 0 Å². The van der Waals surface area contributed by atoms with Gasteiger partial charge in [-0.15, -0.1) is 0 Å². The highest BCUT2D eigenvalue weighted by Gasteiger charge is 2.65. The Hall–Kier alpha value is -2.94. The Morgan fingerprint density at radius 3 is 2.14 bits per heavy atom. The summed E-state index contributed by atoms with van der Waals surface area (Å²) in [5, 5.41) is 9.25. The van der Waals surface area contributed by atoms with Gasteiger partial charge in [-0.3, -0.25) is 9.59 Å². The molecule has 2 aromatic rings. The van der Waals surface area contributed by atoms with E-state index in [9.17, 15) is 32.3 Å². The van der Waals surface area contributed by atoms with Crippen LogP contribution in [0.25, 0.3) is 0 Å². The molecule has 1 aliphatic heterocycles. The SMILES string of the molecule is O=C(CCC(=O)c1ccccc1CO)c1ccc2c(c1)OC(F)(F)C(F)(F)O2. The Morgan fingerprint density at radius 2 is 1.46 bits per heavy atom. The van der Waals surface area contributed by atoms with Crippen LogP contribution in [0.2, 0.25) is 0 Å². The van der Waals surface area contributed by atoms with Crippen LogP contribution < -0.4 is 9.47 Å². The maximum absolute atomic E-state index is 13.3. The second-order valence-electron chi connectivity index (χ2n) is 6.06. The lowest BCUT2D eigenvalue weighted by Gasteiger charge is -2.31. The molecule has 1 heterocycles. The molecule has 1 N–H and O–H groups in total. The number of ketones is 2. The Morgan fingerprint density at radius 1 is 0.857 bits per heavy atom. The summed E-state index contributed by atoms with van der Waals surface area (Å²) in [6, 6.07) is 9.28. The van der Waals surface area contributed by atoms with Crippen molar-refractivity contribution in [2.24, 2.45) is 0 Å². The maximum Gasteiger partial charge on any atom is 0.507 e. The Bertz CT molecular complexity index is 926. The third-order valence-electron chi connectivity index (χ3n) is 4.15. The number of carbonyl (C=O) groups is 2. The largest absolute Gasteiger partial charge is 0.507 e. The van der Waals surface area contributed by atoms with E-state index in [0.29, 0.717) is 5.56 Å². The second kappa shape index (κ2) is 7.23. The maximum atomic E-state index is 13.3. The topological polar surface area (TPSA) is 72.8 Å². The monoisotopic (exact) mass is 398 g/mol. The van der Waals surface area contributed by atoms with Gasteiger partial charge in [-0.25, -0.2) is 0 Å². The number of fused-ring (bicyclic) bond motifs is 1. The molecule has 0 radical (unpaired) electrons. The van der Waals surface area contributed by atoms with Crippen molar-refractivity contribution in [3.05, 3.63) is 59.2 Å². The van der Waals surface area contributed by atoms with Crippen LogP contribution in [0.5, 0.6) is 11.5 Å². The fourth-order valence-electron chi connectivity index (χ4n) is 2.68. The van der Waals surface area contributed by atoms with E-state index >= 15 is 0 Å². The van der Waals surface area contributed by atoms with Crippen LogP contribution >= 0.6 is 0 Å². The number of rotatable bonds is 6. The van der Waals surface area contributed by atoms with Crippen LogP contribution in [-0.2, 0) is 6.61 Å². The Labute approximate surface area is 156 Å². The number of Topliss-reactive ketones (excluding diaryl/α,β-unsaturated/α-hetero) is 2. The zero-order valence-corrected chi connectivity index (χ0v) is 14.3. The molecule has 0 fully saturated rings. The number of ether oxygens (including phenoxy) is 2. The summed E-state index contributed by atoms with van der Waals surface area (Å²) in [6.07, 6.45) is -10.1. The highest BCUT2D eigenvalue weighted by molar-refractivity contribution is 6.03. The van der Waals surface area contributed by atoms with Crippen LogP contribution in [0.4, 0.5) is 17.6 Å². The van der Waals surface area contributed by atoms with Crippen molar-refractivity contribution >= 4 is 11.6 Å². The van der Waals surface area contributed by atoms with Crippen LogP contribution in [0.1, 0.15) is 39.1 Å². The van der Waals surface area contributed by atoms with Crippen molar-refractivity contribution in [2.45, 2.75) is 31.7 Å². The highest BCUT2D eigenvalue weighted by atomic mass is 19.3. The van der Waals surface area contributed by atoms with Gasteiger partial charge in [-0.1, -0.05) is 24.3 Å². The number of halogens is 4. The fourth-order valence-corrected chi connectivity index (χ4v) is 2.68. The molecular weight excluding hydrogens is 384 g/mol. The summed E-state index contributed by atoms with van der Waals surface area (Å²) in [7, 11) is 0. The predicted molar refractivity (Wildman–Crippen MR) is 87.9 cm³/mol. The number of hydrogen-bond acceptors (Lipinski definition) is 5. The van der Waals surface area contributed by atoms with E-state index in [1.165, 1.54) is 6.07 Å². The summed E-state index contributed by atoms with van der Waals surface area (Å²) in [5.41, 5.74) is 0.607. The molecule has 1 aliphatic rings. The van der Waals surface area contributed by atoms with Crippen molar-refractivity contribution in [1.29, 1.82) is 0 Å². The zero-order valence-electron chi connectivity index (χ0n) is 14.3. The molecule has 0 spiro atoms. The van der Waals surface area contributed by atoms with E-state index in [1.54, 1.807) is 18.2 Å². The second-order valence-corrected chi connectivity index (χ2v) is 6.06. The van der Waals surface area contributed by atoms with Gasteiger partial charge in [0.2, 0.25) is 0 Å². The molecule has 9 heteroatoms. The van der Waals surface area contributed by atoms with Gasteiger partial charge in [0.25, 0.3) is 0 Å². The van der Waals surface area contributed by atoms with Gasteiger partial charge in [0.05, 0.1) is 6.61 Å². The lowest BCUT2D eigenvalue weighted by molar-refractivity contribution is -0.391. The van der Waals surface area contributed by atoms with Crippen molar-refractivity contribution < 1.29 is 41.7 Å². The summed E-state index contributed by atoms with van der Waals surface area (Å²) in [6.45, 7) is -0.336. The van der Waals surface area contributed by atoms with Crippen LogP contribution in [0.3, 0.4) is 0 Å². The van der Waals surface area contributed by atoms with E-state index in [4.69, 9.17) is 0 Å². The van der Waals surface area contributed by atoms with Crippen molar-refractivity contribution in [2.75, 3.05) is 0 Å². The molecule has 28 heavy (non-hydrogen) atoms. The van der Waals surface area contributed by atoms with Crippen LogP contribution in [-0.4, -0.2) is 28.9 Å². The van der Waals surface area contributed by atoms with Gasteiger partial charge < -0.3 is 14.6 Å². The third-order valence-corrected chi connectivity index (χ3v) is 4.15. The molecule has 0 aromatic heterocycles. The van der Waals surface area contributed by atoms with Gasteiger partial charge in [-0.05, 0) is 23.8 Å². The van der Waals surface area contributed by atoms with E-state index in [2.05, 4.69) is 9.47 Å². The van der Waals surface area contributed by atoms with Crippen molar-refractivity contribution in [3.8, 4) is 11.5 Å². The molecular formula is C19H14F4O5. The molecule has 0 saturated heterocycles. The lowest BCUT2D eigenvalue weighted by Crippen LogP contribution is -2.52. The third kappa shape index (κ3) is 3.70. The minimum absolute atomic E-state index is 0.0911. The van der Waals surface area contributed by atoms with E-state index in [-0.39, 0.29) is 36.4 Å². The van der Waals surface area contributed by atoms with E-state index in [0.717, 1.165) is 18.2 Å². The fraction of sp³-hybridized carbons (Fsp3) is 0.263. The molecule has 0 saturated carbocycles. The zero-order chi connectivity index (χ0) is 20.5. The smallest absolute Gasteiger partial charge is 0.421 e. The molecule has 0 atom stereocenters. The molecule has 0 aliphatic carbocycles. The predicted octanol–water partition coefficient (Wildman–Crippen LogP) is 3.98. The van der Waals surface area contributed by atoms with Crippen LogP contribution in [0.15, 0.2) is 42.5 Å². The molecule has 0 amide bonds. The number of hydrogen-bond donors (Lipinski definition) is 1. The minimum Gasteiger partial charge on any atom is -0.421 e. The van der Waals surface area contributed by atoms with E-state index in [1.807, 2.05) is 0 Å². The first-order chi connectivity index (χ1) is 13.1. The summed E-state index contributed by atoms with van der Waals surface area (Å²) in [5.74, 6) is -2.26. The first-order valence-corrected chi connectivity index (χ1v) is 8.17. The molecule has 5 nitrogen and oxygen atoms in total. The molecule has 148 valence electrons. The summed E-state index contributed by atoms with van der Waals surface area (Å²) in [4.78, 5) is 24.5. The number of aliphatic hydroxyl groups excluding tert-OH is 1. The van der Waals surface area contributed by atoms with Crippen molar-refractivity contribution in [3.63, 3.8) is 0 Å². The summed E-state index contributed by atoms with van der Waals surface area (Å²) < 4.78 is 60.7. The van der Waals surface area contributed by atoms with Gasteiger partial charge >= 0.3 is 12.2 Å². The first kappa shape index (κ1) is 19.8. The summed E-state index contributed by atoms with van der Waals surface area (Å²) >= 11 is 0. The normalized spacial score (nSPS) is 16.5. The quantitative estimate of drug-likeness (QED) is 0.589. The van der Waals surface area contributed by atoms with Gasteiger partial charge in [-0.2, -0.15) is 17.6 Å². The molecule has 3 rings (SSSR count). The molecule has 0 unspecified atom stereocenters. The number of alkyl halides is 4. The molecule has 0 bridgehead atoms. The first-order valence-electron chi connectivity index (χ1n) is 8.17. The average molecular weight is 398 g/mol. The lowest BCUT2D eigenvalue weighted by atomic mass is 9.98. The van der Waals surface area contributed by atoms with Gasteiger partial charge in [0.15, 0.2) is 23.1 Å². The number of aliphatic hydroxyl groups is 1. The average Bonchev–Trinajstić information content (AvgIpc) is 2.65. The standard InChI is InChI=1S/C19H14F4O5/c20-18(21)19(22,23)28-17-9-11(5-8-16(17)27-18)14(25)6-7-15(26)13-4-2-1-3-12(13)10-24/h1-5,8-9,24H,6-7,10H2. The Balaban J connectivity index is 1.72.